The van der Waals surface area contributed by atoms with Crippen LogP contribution in [0.1, 0.15) is 40.0 Å². The van der Waals surface area contributed by atoms with Gasteiger partial charge in [0.1, 0.15) is 5.82 Å². The molecule has 10 nitrogen and oxygen atoms in total. The zero-order chi connectivity index (χ0) is 30.7. The van der Waals surface area contributed by atoms with E-state index in [0.29, 0.717) is 46.0 Å². The summed E-state index contributed by atoms with van der Waals surface area (Å²) in [5.74, 6) is 2.56. The monoisotopic (exact) mass is 616 g/mol. The van der Waals surface area contributed by atoms with Gasteiger partial charge in [0.2, 0.25) is 10.9 Å². The van der Waals surface area contributed by atoms with Crippen molar-refractivity contribution < 1.29 is 32.2 Å². The Morgan fingerprint density at radius 1 is 1.05 bits per heavy atom. The first-order valence-electron chi connectivity index (χ1n) is 13.5. The minimum absolute atomic E-state index is 0.138. The number of nitrogens with zero attached hydrogens (tertiary/aromatic N) is 5. The maximum absolute atomic E-state index is 13.2. The number of hydrogen-bond acceptors (Lipinski definition) is 9. The number of nitrogens with one attached hydrogen (secondary N) is 1. The van der Waals surface area contributed by atoms with Crippen LogP contribution in [0, 0.1) is 6.92 Å². The first-order chi connectivity index (χ1) is 20.6. The number of thioether (sulfide) groups is 1. The van der Waals surface area contributed by atoms with Gasteiger partial charge in [-0.05, 0) is 49.6 Å². The lowest BCUT2D eigenvalue weighted by Crippen LogP contribution is -2.48. The molecule has 0 aliphatic carbocycles. The van der Waals surface area contributed by atoms with Crippen LogP contribution in [0.4, 0.5) is 19.0 Å². The minimum atomic E-state index is -4.37. The van der Waals surface area contributed by atoms with Crippen molar-refractivity contribution in [1.29, 1.82) is 0 Å². The smallest absolute Gasteiger partial charge is 0.416 e. The van der Waals surface area contributed by atoms with E-state index in [-0.39, 0.29) is 11.9 Å². The van der Waals surface area contributed by atoms with Gasteiger partial charge in [-0.3, -0.25) is 4.79 Å². The van der Waals surface area contributed by atoms with Crippen molar-refractivity contribution in [3.05, 3.63) is 64.8 Å². The molecule has 1 aliphatic heterocycles. The van der Waals surface area contributed by atoms with Crippen LogP contribution >= 0.6 is 11.8 Å². The fourth-order valence-electron chi connectivity index (χ4n) is 4.96. The summed E-state index contributed by atoms with van der Waals surface area (Å²) in [6.07, 6.45) is -2.74. The second kappa shape index (κ2) is 12.6. The summed E-state index contributed by atoms with van der Waals surface area (Å²) in [6, 6.07) is 10.1. The molecule has 1 aliphatic rings. The number of carbonyl (C=O) groups excluding carboxylic acids is 1. The normalized spacial score (nSPS) is 15.4. The Kier molecular flexibility index (Phi) is 8.85. The summed E-state index contributed by atoms with van der Waals surface area (Å²) in [5.41, 5.74) is 1.19. The Morgan fingerprint density at radius 3 is 2.37 bits per heavy atom. The van der Waals surface area contributed by atoms with Gasteiger partial charge in [-0.25, -0.2) is 4.98 Å². The summed E-state index contributed by atoms with van der Waals surface area (Å²) in [4.78, 5) is 24.5. The van der Waals surface area contributed by atoms with E-state index in [4.69, 9.17) is 14.2 Å². The number of fused-ring (bicyclic) bond motifs is 1. The van der Waals surface area contributed by atoms with E-state index in [9.17, 15) is 18.0 Å². The fourth-order valence-corrected chi connectivity index (χ4v) is 5.73. The highest BCUT2D eigenvalue weighted by Gasteiger charge is 2.30. The molecule has 0 saturated carbocycles. The average molecular weight is 617 g/mol. The summed E-state index contributed by atoms with van der Waals surface area (Å²) < 4.78 is 56.5. The van der Waals surface area contributed by atoms with Crippen molar-refractivity contribution in [2.24, 2.45) is 0 Å². The largest absolute Gasteiger partial charge is 0.493 e. The highest BCUT2D eigenvalue weighted by atomic mass is 32.2. The number of ether oxygens (including phenoxy) is 3. The number of carbonyl (C=O) groups is 1. The quantitative estimate of drug-likeness (QED) is 0.255. The molecule has 0 bridgehead atoms. The number of rotatable bonds is 9. The number of anilines is 1. The number of benzene rings is 2. The lowest BCUT2D eigenvalue weighted by atomic mass is 10.0. The molecule has 1 atom stereocenters. The van der Waals surface area contributed by atoms with Crippen molar-refractivity contribution in [3.8, 4) is 17.2 Å². The van der Waals surface area contributed by atoms with Crippen molar-refractivity contribution >= 4 is 29.3 Å². The van der Waals surface area contributed by atoms with E-state index in [1.54, 1.807) is 16.6 Å². The van der Waals surface area contributed by atoms with Crippen LogP contribution in [0.2, 0.25) is 0 Å². The third-order valence-electron chi connectivity index (χ3n) is 7.06. The molecule has 1 unspecified atom stereocenters. The molecule has 1 fully saturated rings. The van der Waals surface area contributed by atoms with Gasteiger partial charge in [0.25, 0.3) is 11.7 Å². The predicted octanol–water partition coefficient (Wildman–Crippen LogP) is 5.17. The van der Waals surface area contributed by atoms with Crippen molar-refractivity contribution in [1.82, 2.24) is 24.9 Å². The Labute approximate surface area is 250 Å². The summed E-state index contributed by atoms with van der Waals surface area (Å²) in [7, 11) is 4.50. The van der Waals surface area contributed by atoms with Crippen LogP contribution in [-0.4, -0.2) is 65.9 Å². The highest BCUT2D eigenvalue weighted by Crippen LogP contribution is 2.38. The maximum atomic E-state index is 13.2. The van der Waals surface area contributed by atoms with Gasteiger partial charge in [0, 0.05) is 42.2 Å². The SMILES string of the molecule is COc1cc(C(=O)NC2CCCN(c3cc(C)nc4nc(SCc5ccc(C(F)(F)F)cc5)nn34)C2)cc(OC)c1OC. The molecule has 14 heteroatoms. The summed E-state index contributed by atoms with van der Waals surface area (Å²) in [5, 5.41) is 8.23. The molecule has 1 amide bonds. The fraction of sp³-hybridized carbons (Fsp3) is 0.379. The highest BCUT2D eigenvalue weighted by molar-refractivity contribution is 7.98. The molecule has 4 aromatic rings. The van der Waals surface area contributed by atoms with Crippen LogP contribution < -0.4 is 24.4 Å². The topological polar surface area (TPSA) is 103 Å². The Hall–Kier alpha value is -4.20. The molecule has 1 N–H and O–H groups in total. The van der Waals surface area contributed by atoms with Crippen molar-refractivity contribution in [2.45, 2.75) is 42.9 Å². The molecule has 3 heterocycles. The zero-order valence-electron chi connectivity index (χ0n) is 24.1. The van der Waals surface area contributed by atoms with Gasteiger partial charge in [-0.15, -0.1) is 5.10 Å². The third kappa shape index (κ3) is 6.74. The standard InChI is InChI=1S/C29H31F3N6O4S/c1-17-12-24(38-27(33-17)35-28(36-38)43-16-18-7-9-20(10-8-18)29(30,31)32)37-11-5-6-21(15-37)34-26(39)19-13-22(40-2)25(42-4)23(14-19)41-3/h7-10,12-14,21H,5-6,11,15-16H2,1-4H3,(H,34,39). The van der Waals surface area contributed by atoms with Gasteiger partial charge in [-0.1, -0.05) is 23.9 Å². The Bertz CT molecular complexity index is 1590. The van der Waals surface area contributed by atoms with Crippen molar-refractivity contribution in [2.75, 3.05) is 39.3 Å². The first kappa shape index (κ1) is 30.3. The maximum Gasteiger partial charge on any atom is 0.416 e. The number of methoxy groups -OCH3 is 3. The third-order valence-corrected chi connectivity index (χ3v) is 7.97. The van der Waals surface area contributed by atoms with E-state index in [1.807, 2.05) is 13.0 Å². The molecule has 5 rings (SSSR count). The second-order valence-electron chi connectivity index (χ2n) is 10.0. The van der Waals surface area contributed by atoms with Gasteiger partial charge in [0.15, 0.2) is 11.5 Å². The molecule has 2 aromatic heterocycles. The Balaban J connectivity index is 1.30. The molecule has 1 saturated heterocycles. The number of piperidine rings is 1. The molecule has 2 aromatic carbocycles. The van der Waals surface area contributed by atoms with Gasteiger partial charge in [-0.2, -0.15) is 22.7 Å². The van der Waals surface area contributed by atoms with Gasteiger partial charge < -0.3 is 24.4 Å². The van der Waals surface area contributed by atoms with E-state index in [1.165, 1.54) is 45.2 Å². The number of aryl methyl sites for hydroxylation is 1. The first-order valence-corrected chi connectivity index (χ1v) is 14.5. The average Bonchev–Trinajstić information content (AvgIpc) is 3.41. The van der Waals surface area contributed by atoms with Crippen LogP contribution in [0.15, 0.2) is 47.6 Å². The zero-order valence-corrected chi connectivity index (χ0v) is 24.9. The van der Waals surface area contributed by atoms with Crippen LogP contribution in [-0.2, 0) is 11.9 Å². The molecule has 228 valence electrons. The minimum Gasteiger partial charge on any atom is -0.493 e. The van der Waals surface area contributed by atoms with Crippen LogP contribution in [0.25, 0.3) is 5.78 Å². The van der Waals surface area contributed by atoms with E-state index in [0.717, 1.165) is 48.6 Å². The van der Waals surface area contributed by atoms with E-state index in [2.05, 4.69) is 25.3 Å². The van der Waals surface area contributed by atoms with Gasteiger partial charge >= 0.3 is 6.18 Å². The summed E-state index contributed by atoms with van der Waals surface area (Å²) >= 11 is 1.32. The predicted molar refractivity (Wildman–Crippen MR) is 155 cm³/mol. The number of alkyl halides is 3. The molecular weight excluding hydrogens is 585 g/mol. The second-order valence-corrected chi connectivity index (χ2v) is 11.0. The molecule has 43 heavy (non-hydrogen) atoms. The van der Waals surface area contributed by atoms with E-state index >= 15 is 0 Å². The molecule has 0 spiro atoms. The van der Waals surface area contributed by atoms with Gasteiger partial charge in [0.05, 0.1) is 26.9 Å². The number of halogens is 3. The lowest BCUT2D eigenvalue weighted by molar-refractivity contribution is -0.137. The molecule has 0 radical (unpaired) electrons. The number of amides is 1. The van der Waals surface area contributed by atoms with Crippen LogP contribution in [0.5, 0.6) is 17.2 Å². The van der Waals surface area contributed by atoms with Crippen LogP contribution in [0.3, 0.4) is 0 Å². The van der Waals surface area contributed by atoms with Crippen molar-refractivity contribution in [3.63, 3.8) is 0 Å². The number of aromatic nitrogens is 4. The summed E-state index contributed by atoms with van der Waals surface area (Å²) in [6.45, 7) is 3.17. The molecular formula is C29H31F3N6O4S. The van der Waals surface area contributed by atoms with E-state index < -0.39 is 11.7 Å². The lowest BCUT2D eigenvalue weighted by Gasteiger charge is -2.34. The number of hydrogen-bond donors (Lipinski definition) is 1. The Morgan fingerprint density at radius 2 is 1.74 bits per heavy atom.